The molecular formula is C60H120O38. The number of ketones is 1. The molecule has 4 aliphatic heterocycles. The van der Waals surface area contributed by atoms with Crippen molar-refractivity contribution in [3.8, 4) is 0 Å². The summed E-state index contributed by atoms with van der Waals surface area (Å²) in [6, 6.07) is 0. The third-order valence-electron chi connectivity index (χ3n) is 17.0. The molecule has 0 spiro atoms. The molecule has 4 fully saturated rings. The van der Waals surface area contributed by atoms with Gasteiger partial charge in [0.25, 0.3) is 0 Å². The Morgan fingerprint density at radius 1 is 0.449 bits per heavy atom. The van der Waals surface area contributed by atoms with E-state index in [0.717, 1.165) is 0 Å². The first-order valence-corrected chi connectivity index (χ1v) is 32.6. The normalized spacial score (nSPS) is 33.9. The molecule has 588 valence electrons. The van der Waals surface area contributed by atoms with Crippen LogP contribution in [0.2, 0.25) is 0 Å². The van der Waals surface area contributed by atoms with Crippen LogP contribution in [0.1, 0.15) is 54.4 Å². The van der Waals surface area contributed by atoms with E-state index in [1.54, 1.807) is 6.92 Å². The van der Waals surface area contributed by atoms with Crippen LogP contribution >= 0.6 is 0 Å². The van der Waals surface area contributed by atoms with Crippen LogP contribution in [0, 0.1) is 29.6 Å². The molecule has 38 nitrogen and oxygen atoms in total. The third kappa shape index (κ3) is 32.3. The quantitative estimate of drug-likeness (QED) is 0.0259. The predicted molar refractivity (Wildman–Crippen MR) is 332 cm³/mol. The topological polar surface area (TPSA) is 667 Å². The largest absolute Gasteiger partial charge is 0.396 e. The van der Waals surface area contributed by atoms with E-state index in [4.69, 9.17) is 88.6 Å². The summed E-state index contributed by atoms with van der Waals surface area (Å²) < 4.78 is 48.1. The Morgan fingerprint density at radius 2 is 0.878 bits per heavy atom. The highest BCUT2D eigenvalue weighted by atomic mass is 16.6. The number of ether oxygens (including phenoxy) is 9. The van der Waals surface area contributed by atoms with Crippen molar-refractivity contribution in [1.29, 1.82) is 0 Å². The molecule has 28 N–H and O–H groups in total. The molecule has 0 amide bonds. The molecule has 0 radical (unpaired) electrons. The third-order valence-corrected chi connectivity index (χ3v) is 17.0. The Labute approximate surface area is 569 Å². The lowest BCUT2D eigenvalue weighted by molar-refractivity contribution is -0.247. The van der Waals surface area contributed by atoms with E-state index in [9.17, 15) is 102 Å². The highest BCUT2D eigenvalue weighted by molar-refractivity contribution is 5.84. The molecule has 0 aromatic carbocycles. The van der Waals surface area contributed by atoms with E-state index in [0.29, 0.717) is 45.9 Å². The number of carbonyl (C=O) groups is 1. The maximum atomic E-state index is 11.6. The number of aliphatic hydroxyl groups excluding tert-OH is 28. The van der Waals surface area contributed by atoms with Gasteiger partial charge >= 0.3 is 0 Å². The minimum atomic E-state index is -1.61. The van der Waals surface area contributed by atoms with E-state index < -0.39 is 235 Å². The number of rotatable bonds is 36. The first-order chi connectivity index (χ1) is 46.1. The predicted octanol–water partition coefficient (Wildman–Crippen LogP) is -13.6. The van der Waals surface area contributed by atoms with Crippen LogP contribution in [-0.2, 0) is 47.4 Å². The second-order valence-electron chi connectivity index (χ2n) is 24.5. The Morgan fingerprint density at radius 3 is 1.31 bits per heavy atom. The minimum Gasteiger partial charge on any atom is -0.396 e. The van der Waals surface area contributed by atoms with Gasteiger partial charge in [-0.25, -0.2) is 0 Å². The molecule has 4 aliphatic rings. The fourth-order valence-corrected chi connectivity index (χ4v) is 10.0. The Bertz CT molecular complexity index is 1890. The lowest BCUT2D eigenvalue weighted by Crippen LogP contribution is -2.60. The van der Waals surface area contributed by atoms with Crippen molar-refractivity contribution >= 4 is 5.78 Å². The number of carbonyl (C=O) groups excluding carboxylic acids is 1. The number of aliphatic hydroxyl groups is 28. The van der Waals surface area contributed by atoms with Gasteiger partial charge in [0.15, 0.2) is 5.78 Å². The molecule has 4 heterocycles. The zero-order valence-corrected chi connectivity index (χ0v) is 56.4. The van der Waals surface area contributed by atoms with E-state index in [1.807, 2.05) is 20.8 Å². The molecule has 4 rings (SSSR count). The average Bonchev–Trinajstić information content (AvgIpc) is 0.826. The van der Waals surface area contributed by atoms with Crippen molar-refractivity contribution in [2.75, 3.05) is 126 Å². The maximum absolute atomic E-state index is 11.6. The van der Waals surface area contributed by atoms with E-state index in [-0.39, 0.29) is 58.1 Å². The van der Waals surface area contributed by atoms with Crippen molar-refractivity contribution in [1.82, 2.24) is 0 Å². The zero-order valence-electron chi connectivity index (χ0n) is 56.4. The molecule has 98 heavy (non-hydrogen) atoms. The molecule has 0 aliphatic carbocycles. The summed E-state index contributed by atoms with van der Waals surface area (Å²) >= 11 is 0. The van der Waals surface area contributed by atoms with Gasteiger partial charge in [-0.2, -0.15) is 0 Å². The van der Waals surface area contributed by atoms with Gasteiger partial charge in [-0.15, -0.1) is 0 Å². The van der Waals surface area contributed by atoms with Gasteiger partial charge < -0.3 is 186 Å². The van der Waals surface area contributed by atoms with Gasteiger partial charge in [0.1, 0.15) is 123 Å². The van der Waals surface area contributed by atoms with Gasteiger partial charge in [0.05, 0.1) is 141 Å². The second-order valence-corrected chi connectivity index (χ2v) is 24.5. The molecule has 0 bridgehead atoms. The van der Waals surface area contributed by atoms with Gasteiger partial charge in [-0.05, 0) is 46.5 Å². The standard InChI is InChI=1S/C20H42O9.C15H28O10.C13H24O10.C8H16O5.C4H10O4/c1-5-27-10-15(19(25)20(26)17(23)9-21)7-8-29-12-16(11-28-6-2)13(3)18(24)14(4)22;1-6-7(2-16)24-9(13(20)11(6)18)4-23-5-10-14(21)15(22)12(19)8(3-17)25-10;1-5(16)9(18)13(6(17)2-14)22-4-8-11(20)12(21)10(19)7(3-15)23-8;9-3-5-4-13-2-1-6(10)8(12)7(5)11;5-1-3(7)4(8)2-6/h13-26H,5-12H2,1-4H3;6-22H,2-5H2,1H3;5,7-16,18-21H,2-4H2,1H3;5-12H,1-4H2;3-8H,1-2H2. The molecular weight excluding hydrogens is 1330 g/mol. The lowest BCUT2D eigenvalue weighted by Gasteiger charge is -2.42. The van der Waals surface area contributed by atoms with E-state index in [1.165, 1.54) is 13.8 Å². The van der Waals surface area contributed by atoms with Crippen molar-refractivity contribution in [3.63, 3.8) is 0 Å². The fourth-order valence-electron chi connectivity index (χ4n) is 10.0. The summed E-state index contributed by atoms with van der Waals surface area (Å²) in [7, 11) is 0. The average molecular weight is 1450 g/mol. The molecule has 4 saturated heterocycles. The smallest absolute Gasteiger partial charge is 0.189 e. The Kier molecular flexibility index (Phi) is 51.2. The van der Waals surface area contributed by atoms with Crippen LogP contribution < -0.4 is 0 Å². The van der Waals surface area contributed by atoms with Crippen LogP contribution in [0.5, 0.6) is 0 Å². The summed E-state index contributed by atoms with van der Waals surface area (Å²) in [4.78, 5) is 11.6. The maximum Gasteiger partial charge on any atom is 0.189 e. The summed E-state index contributed by atoms with van der Waals surface area (Å²) in [5, 5.41) is 263. The van der Waals surface area contributed by atoms with Gasteiger partial charge in [0.2, 0.25) is 0 Å². The number of hydrogen-bond donors (Lipinski definition) is 28. The molecule has 38 heteroatoms. The van der Waals surface area contributed by atoms with Crippen molar-refractivity contribution < 1.29 is 190 Å². The highest BCUT2D eigenvalue weighted by Gasteiger charge is 2.47. The molecule has 0 saturated carbocycles. The molecule has 0 aromatic heterocycles. The molecule has 32 atom stereocenters. The first kappa shape index (κ1) is 96.2. The Balaban J connectivity index is 0.00000126. The summed E-state index contributed by atoms with van der Waals surface area (Å²) in [5.41, 5.74) is 0. The first-order valence-electron chi connectivity index (χ1n) is 32.6. The van der Waals surface area contributed by atoms with Crippen molar-refractivity contribution in [3.05, 3.63) is 0 Å². The van der Waals surface area contributed by atoms with Crippen LogP contribution in [0.15, 0.2) is 0 Å². The van der Waals surface area contributed by atoms with Gasteiger partial charge in [-0.3, -0.25) is 4.79 Å². The summed E-state index contributed by atoms with van der Waals surface area (Å²) in [6.45, 7) is 7.38. The minimum absolute atomic E-state index is 0.128. The van der Waals surface area contributed by atoms with E-state index in [2.05, 4.69) is 0 Å². The Hall–Kier alpha value is -1.81. The second kappa shape index (κ2) is 52.2. The van der Waals surface area contributed by atoms with Crippen LogP contribution in [-0.4, -0.2) is 439 Å². The monoisotopic (exact) mass is 1450 g/mol. The summed E-state index contributed by atoms with van der Waals surface area (Å²) in [5.74, 6) is -2.71. The molecule has 32 unspecified atom stereocenters. The van der Waals surface area contributed by atoms with Crippen LogP contribution in [0.4, 0.5) is 0 Å². The molecule has 0 aromatic rings. The zero-order chi connectivity index (χ0) is 75.3. The lowest BCUT2D eigenvalue weighted by atomic mass is 9.88. The SMILES string of the molecule is CC(O)C(O)C(OCC1OC(CO)C(O)C(O)C1O)C(=O)CO.CC1C(CO)OC(COCC2OC(CO)C(O)C(O)C2O)C(O)C1O.CCOCC(COCCC(COCC)C(O)C(O)C(O)CO)C(C)C(O)C(C)O.OCC(O)C(O)CO.OCC1COCCC(O)C(O)C1O. The summed E-state index contributed by atoms with van der Waals surface area (Å²) in [6.07, 6.45) is -32.7. The van der Waals surface area contributed by atoms with E-state index >= 15 is 0 Å². The van der Waals surface area contributed by atoms with Crippen molar-refractivity contribution in [2.24, 2.45) is 29.6 Å². The highest BCUT2D eigenvalue weighted by Crippen LogP contribution is 2.28. The number of hydrogen-bond acceptors (Lipinski definition) is 38. The van der Waals surface area contributed by atoms with Gasteiger partial charge in [-0.1, -0.05) is 13.8 Å². The van der Waals surface area contributed by atoms with Crippen molar-refractivity contribution in [2.45, 2.75) is 219 Å². The van der Waals surface area contributed by atoms with Gasteiger partial charge in [0, 0.05) is 50.1 Å². The van der Waals surface area contributed by atoms with Crippen LogP contribution in [0.25, 0.3) is 0 Å². The number of Topliss-reactive ketones (excluding diaryl/α,β-unsaturated/α-hetero) is 1. The van der Waals surface area contributed by atoms with Crippen LogP contribution in [0.3, 0.4) is 0 Å². The fraction of sp³-hybridized carbons (Fsp3) is 0.983.